The molecule has 0 unspecified atom stereocenters. The lowest BCUT2D eigenvalue weighted by atomic mass is 9.44. The number of hydrogen-bond acceptors (Lipinski definition) is 6. The van der Waals surface area contributed by atoms with Gasteiger partial charge in [-0.3, -0.25) is 9.59 Å². The minimum Gasteiger partial charge on any atom is -0.434 e. The van der Waals surface area contributed by atoms with Crippen molar-refractivity contribution in [2.45, 2.75) is 63.8 Å². The Morgan fingerprint density at radius 1 is 1.35 bits per heavy atom. The van der Waals surface area contributed by atoms with Crippen molar-refractivity contribution in [1.82, 2.24) is 5.32 Å². The zero-order valence-electron chi connectivity index (χ0n) is 20.0. The summed E-state index contributed by atoms with van der Waals surface area (Å²) < 4.78 is 23.1. The predicted molar refractivity (Wildman–Crippen MR) is 122 cm³/mol. The quantitative estimate of drug-likeness (QED) is 0.527. The van der Waals surface area contributed by atoms with Crippen LogP contribution in [0, 0.1) is 28.6 Å². The molecule has 0 aromatic carbocycles. The lowest BCUT2D eigenvalue weighted by molar-refractivity contribution is -0.219. The first-order valence-electron chi connectivity index (χ1n) is 12.0. The average Bonchev–Trinajstić information content (AvgIpc) is 3.00. The van der Waals surface area contributed by atoms with Crippen molar-refractivity contribution in [3.05, 3.63) is 36.5 Å². The Kier molecular flexibility index (Phi) is 5.92. The van der Waals surface area contributed by atoms with Crippen LogP contribution in [0.4, 0.5) is 9.18 Å². The molecule has 0 aliphatic heterocycles. The van der Waals surface area contributed by atoms with Gasteiger partial charge in [0.1, 0.15) is 6.61 Å². The maximum absolute atomic E-state index is 17.2. The number of ether oxygens (including phenoxy) is 1. The van der Waals surface area contributed by atoms with Crippen molar-refractivity contribution in [2.24, 2.45) is 28.6 Å². The van der Waals surface area contributed by atoms with E-state index in [0.717, 1.165) is 0 Å². The molecule has 3 saturated carbocycles. The van der Waals surface area contributed by atoms with Crippen LogP contribution in [-0.2, 0) is 14.3 Å². The van der Waals surface area contributed by atoms with Crippen LogP contribution in [0.1, 0.15) is 46.5 Å². The van der Waals surface area contributed by atoms with Gasteiger partial charge in [0.25, 0.3) is 0 Å². The maximum atomic E-state index is 17.2. The molecule has 0 saturated heterocycles. The Bertz CT molecular complexity index is 992. The van der Waals surface area contributed by atoms with E-state index in [1.807, 2.05) is 0 Å². The van der Waals surface area contributed by atoms with E-state index in [4.69, 9.17) is 4.74 Å². The number of carbonyl (C=O) groups excluding carboxylic acids is 3. The van der Waals surface area contributed by atoms with Crippen LogP contribution >= 0.6 is 0 Å². The highest BCUT2D eigenvalue weighted by atomic mass is 19.1. The molecule has 1 amide bonds. The van der Waals surface area contributed by atoms with Crippen molar-refractivity contribution < 1.29 is 33.7 Å². The summed E-state index contributed by atoms with van der Waals surface area (Å²) in [5.74, 6) is -2.35. The van der Waals surface area contributed by atoms with Gasteiger partial charge in [0, 0.05) is 29.2 Å². The van der Waals surface area contributed by atoms with Crippen molar-refractivity contribution in [3.63, 3.8) is 0 Å². The summed E-state index contributed by atoms with van der Waals surface area (Å²) in [5.41, 5.74) is -5.34. The summed E-state index contributed by atoms with van der Waals surface area (Å²) in [6, 6.07) is 0. The molecule has 4 rings (SSSR count). The fourth-order valence-electron chi connectivity index (χ4n) is 7.85. The van der Waals surface area contributed by atoms with Crippen LogP contribution < -0.4 is 5.32 Å². The number of ketones is 2. The second kappa shape index (κ2) is 8.12. The summed E-state index contributed by atoms with van der Waals surface area (Å²) in [7, 11) is 0. The smallest absolute Gasteiger partial charge is 0.408 e. The van der Waals surface area contributed by atoms with Gasteiger partial charge >= 0.3 is 6.09 Å². The number of carbonyl (C=O) groups is 3. The molecule has 4 aliphatic carbocycles. The number of aliphatic hydroxyl groups is 2. The van der Waals surface area contributed by atoms with Gasteiger partial charge < -0.3 is 20.3 Å². The van der Waals surface area contributed by atoms with Crippen LogP contribution in [0.2, 0.25) is 0 Å². The van der Waals surface area contributed by atoms with Gasteiger partial charge in [0.2, 0.25) is 5.78 Å². The average molecular weight is 476 g/mol. The van der Waals surface area contributed by atoms with Gasteiger partial charge in [0.05, 0.1) is 6.10 Å². The first-order valence-corrected chi connectivity index (χ1v) is 12.0. The molecular weight excluding hydrogens is 441 g/mol. The van der Waals surface area contributed by atoms with Gasteiger partial charge in [0.15, 0.2) is 17.1 Å². The summed E-state index contributed by atoms with van der Waals surface area (Å²) >= 11 is 0. The van der Waals surface area contributed by atoms with Crippen LogP contribution in [0.25, 0.3) is 0 Å². The van der Waals surface area contributed by atoms with Crippen LogP contribution in [0.15, 0.2) is 36.5 Å². The number of amides is 1. The van der Waals surface area contributed by atoms with Crippen LogP contribution in [0.5, 0.6) is 0 Å². The van der Waals surface area contributed by atoms with Crippen molar-refractivity contribution in [3.8, 4) is 0 Å². The van der Waals surface area contributed by atoms with Gasteiger partial charge in [-0.05, 0) is 50.7 Å². The number of aliphatic hydroxyl groups excluding tert-OH is 2. The Morgan fingerprint density at radius 3 is 2.71 bits per heavy atom. The van der Waals surface area contributed by atoms with E-state index in [0.29, 0.717) is 24.8 Å². The number of fused-ring (bicyclic) bond motifs is 5. The lowest BCUT2D eigenvalue weighted by Gasteiger charge is -2.62. The number of Topliss-reactive ketones (excluding diaryl/α,β-unsaturated/α-hetero) is 1. The molecule has 0 radical (unpaired) electrons. The molecule has 3 N–H and O–H groups in total. The highest BCUT2D eigenvalue weighted by molar-refractivity contribution is 6.01. The van der Waals surface area contributed by atoms with E-state index >= 15 is 4.39 Å². The number of alkyl halides is 1. The van der Waals surface area contributed by atoms with Crippen LogP contribution in [0.3, 0.4) is 0 Å². The molecule has 0 aromatic rings. The largest absolute Gasteiger partial charge is 0.434 e. The van der Waals surface area contributed by atoms with Gasteiger partial charge in [-0.25, -0.2) is 9.18 Å². The highest BCUT2D eigenvalue weighted by Crippen LogP contribution is 2.71. The minimum absolute atomic E-state index is 0.125. The first kappa shape index (κ1) is 24.8. The molecular formula is C26H34FNO6. The summed E-state index contributed by atoms with van der Waals surface area (Å²) in [5, 5.41) is 23.8. The topological polar surface area (TPSA) is 113 Å². The molecule has 0 spiro atoms. The maximum Gasteiger partial charge on any atom is 0.408 e. The second-order valence-corrected chi connectivity index (χ2v) is 10.8. The van der Waals surface area contributed by atoms with Gasteiger partial charge in [-0.15, -0.1) is 6.58 Å². The van der Waals surface area contributed by atoms with Crippen molar-refractivity contribution in [2.75, 3.05) is 13.2 Å². The molecule has 0 aromatic heterocycles. The summed E-state index contributed by atoms with van der Waals surface area (Å²) in [6.45, 7) is 8.12. The van der Waals surface area contributed by atoms with E-state index in [2.05, 4.69) is 11.9 Å². The third kappa shape index (κ3) is 2.97. The monoisotopic (exact) mass is 475 g/mol. The minimum atomic E-state index is -2.05. The molecule has 8 heteroatoms. The predicted octanol–water partition coefficient (Wildman–Crippen LogP) is 2.82. The van der Waals surface area contributed by atoms with E-state index in [9.17, 15) is 24.6 Å². The van der Waals surface area contributed by atoms with E-state index in [1.54, 1.807) is 26.8 Å². The number of rotatable bonds is 5. The Morgan fingerprint density at radius 2 is 2.06 bits per heavy atom. The first-order chi connectivity index (χ1) is 15.9. The molecule has 8 atom stereocenters. The highest BCUT2D eigenvalue weighted by Gasteiger charge is 2.77. The third-order valence-electron chi connectivity index (χ3n) is 9.38. The molecule has 7 nitrogen and oxygen atoms in total. The fraction of sp³-hybridized carbons (Fsp3) is 0.654. The fourth-order valence-corrected chi connectivity index (χ4v) is 7.85. The number of hydrogen-bond donors (Lipinski definition) is 3. The number of allylic oxidation sites excluding steroid dienone is 4. The molecule has 0 bridgehead atoms. The normalized spacial score (nSPS) is 44.9. The molecule has 34 heavy (non-hydrogen) atoms. The van der Waals surface area contributed by atoms with Crippen molar-refractivity contribution >= 4 is 17.7 Å². The Labute approximate surface area is 199 Å². The number of halogens is 1. The zero-order valence-corrected chi connectivity index (χ0v) is 20.0. The number of alkyl carbamates (subject to hydrolysis) is 1. The molecule has 186 valence electrons. The lowest BCUT2D eigenvalue weighted by Crippen LogP contribution is -2.70. The number of nitrogens with one attached hydrogen (secondary N) is 1. The Balaban J connectivity index is 1.81. The summed E-state index contributed by atoms with van der Waals surface area (Å²) in [4.78, 5) is 37.9. The third-order valence-corrected chi connectivity index (χ3v) is 9.38. The van der Waals surface area contributed by atoms with Gasteiger partial charge in [-0.1, -0.05) is 31.6 Å². The molecule has 4 aliphatic rings. The SMILES string of the molecule is C=CCNC(=O)O[C@]1(C(=O)CO)[C@@H](C)C[C@H]2[C@@H]3CCC4=CC(=O)C=C[C@]4(C)[C@@]3(F)[C@@H](O)C[C@@]21C. The van der Waals surface area contributed by atoms with E-state index in [1.165, 1.54) is 18.2 Å². The Hall–Kier alpha value is -2.32. The molecule has 3 fully saturated rings. The van der Waals surface area contributed by atoms with Gasteiger partial charge in [-0.2, -0.15) is 0 Å². The second-order valence-electron chi connectivity index (χ2n) is 10.8. The standard InChI is InChI=1S/C26H34FNO6/c1-5-10-28-22(33)34-26(21(32)14-29)15(2)11-19-18-7-6-16-12-17(30)8-9-23(16,3)25(18,27)20(31)13-24(19,26)4/h5,8-9,12,15,18-20,29,31H,1,6-7,10-11,13-14H2,2-4H3,(H,28,33)/t15-,18-,19-,20-,23-,24-,25-,26-/m0/s1. The van der Waals surface area contributed by atoms with E-state index in [-0.39, 0.29) is 24.7 Å². The van der Waals surface area contributed by atoms with Crippen molar-refractivity contribution in [1.29, 1.82) is 0 Å². The zero-order chi connectivity index (χ0) is 25.1. The van der Waals surface area contributed by atoms with E-state index < -0.39 is 58.5 Å². The van der Waals surface area contributed by atoms with Crippen LogP contribution in [-0.4, -0.2) is 58.4 Å². The molecule has 0 heterocycles. The summed E-state index contributed by atoms with van der Waals surface area (Å²) in [6.07, 6.45) is 4.76.